The van der Waals surface area contributed by atoms with Crippen LogP contribution >= 0.6 is 0 Å². The number of ketones is 1. The molecule has 1 atom stereocenters. The summed E-state index contributed by atoms with van der Waals surface area (Å²) in [5, 5.41) is 14.3. The predicted octanol–water partition coefficient (Wildman–Crippen LogP) is 2.24. The maximum Gasteiger partial charge on any atom is 0.230 e. The second kappa shape index (κ2) is 6.03. The normalized spacial score (nSPS) is 13.5. The third kappa shape index (κ3) is 4.11. The molecular formula is C16H19N2O3+. The van der Waals surface area contributed by atoms with Crippen LogP contribution in [0, 0.1) is 0 Å². The Kier molecular flexibility index (Phi) is 4.35. The van der Waals surface area contributed by atoms with Crippen molar-refractivity contribution >= 4 is 12.0 Å². The highest BCUT2D eigenvalue weighted by Crippen LogP contribution is 2.19. The molecule has 1 aromatic carbocycles. The highest BCUT2D eigenvalue weighted by molar-refractivity contribution is 5.98. The molecule has 2 aromatic rings. The highest BCUT2D eigenvalue weighted by atomic mass is 16.4. The van der Waals surface area contributed by atoms with E-state index in [2.05, 4.69) is 5.10 Å². The van der Waals surface area contributed by atoms with Gasteiger partial charge in [0.05, 0.1) is 21.1 Å². The summed E-state index contributed by atoms with van der Waals surface area (Å²) < 4.78 is 5.81. The Morgan fingerprint density at radius 2 is 1.86 bits per heavy atom. The molecule has 110 valence electrons. The van der Waals surface area contributed by atoms with Crippen LogP contribution in [0.5, 0.6) is 0 Å². The Balaban J connectivity index is 2.14. The molecule has 0 radical (unpaired) electrons. The molecule has 1 aromatic heterocycles. The highest BCUT2D eigenvalue weighted by Gasteiger charge is 2.22. The van der Waals surface area contributed by atoms with E-state index in [1.807, 2.05) is 27.2 Å². The topological polar surface area (TPSA) is 62.8 Å². The van der Waals surface area contributed by atoms with Crippen molar-refractivity contribution in [3.8, 4) is 0 Å². The summed E-state index contributed by atoms with van der Waals surface area (Å²) >= 11 is 0. The van der Waals surface area contributed by atoms with Gasteiger partial charge >= 0.3 is 0 Å². The molecule has 21 heavy (non-hydrogen) atoms. The zero-order chi connectivity index (χ0) is 15.5. The van der Waals surface area contributed by atoms with Crippen molar-refractivity contribution in [2.24, 2.45) is 5.10 Å². The molecule has 5 nitrogen and oxygen atoms in total. The first-order valence-electron chi connectivity index (χ1n) is 6.61. The van der Waals surface area contributed by atoms with Gasteiger partial charge in [-0.15, -0.1) is 0 Å². The van der Waals surface area contributed by atoms with Gasteiger partial charge in [-0.2, -0.15) is 0 Å². The number of benzene rings is 1. The fourth-order valence-electron chi connectivity index (χ4n) is 1.71. The number of aliphatic hydroxyl groups is 1. The van der Waals surface area contributed by atoms with Crippen LogP contribution in [0.2, 0.25) is 0 Å². The number of quaternary nitrogens is 1. The van der Waals surface area contributed by atoms with Crippen molar-refractivity contribution in [2.75, 3.05) is 21.1 Å². The molecule has 0 saturated heterocycles. The van der Waals surface area contributed by atoms with Gasteiger partial charge in [0.25, 0.3) is 0 Å². The third-order valence-electron chi connectivity index (χ3n) is 2.76. The number of nitrogens with zero attached hydrogens (tertiary/aromatic N) is 2. The SMILES string of the molecule is C[N+](C)(C)/N=C/c1ccc(C(=O)C(O)c2ccccc2)o1. The van der Waals surface area contributed by atoms with Crippen LogP contribution < -0.4 is 0 Å². The summed E-state index contributed by atoms with van der Waals surface area (Å²) in [6, 6.07) is 12.0. The van der Waals surface area contributed by atoms with Crippen LogP contribution in [0.25, 0.3) is 0 Å². The van der Waals surface area contributed by atoms with Gasteiger partial charge < -0.3 is 9.52 Å². The van der Waals surface area contributed by atoms with E-state index in [0.29, 0.717) is 15.9 Å². The van der Waals surface area contributed by atoms with Crippen molar-refractivity contribution in [1.82, 2.24) is 0 Å². The number of aliphatic hydroxyl groups excluding tert-OH is 1. The summed E-state index contributed by atoms with van der Waals surface area (Å²) in [6.07, 6.45) is 0.339. The third-order valence-corrected chi connectivity index (χ3v) is 2.76. The van der Waals surface area contributed by atoms with Crippen molar-refractivity contribution in [3.63, 3.8) is 0 Å². The molecular weight excluding hydrogens is 268 g/mol. The smallest absolute Gasteiger partial charge is 0.230 e. The summed E-state index contributed by atoms with van der Waals surface area (Å²) in [7, 11) is 5.72. The lowest BCUT2D eigenvalue weighted by Gasteiger charge is -2.13. The van der Waals surface area contributed by atoms with Gasteiger partial charge in [0.2, 0.25) is 5.78 Å². The molecule has 0 spiro atoms. The fraction of sp³-hybridized carbons (Fsp3) is 0.250. The predicted molar refractivity (Wildman–Crippen MR) is 80.1 cm³/mol. The molecule has 0 aliphatic rings. The van der Waals surface area contributed by atoms with E-state index in [4.69, 9.17) is 4.42 Å². The lowest BCUT2D eigenvalue weighted by molar-refractivity contribution is -0.876. The molecule has 0 aliphatic heterocycles. The van der Waals surface area contributed by atoms with E-state index < -0.39 is 11.9 Å². The zero-order valence-corrected chi connectivity index (χ0v) is 12.4. The Morgan fingerprint density at radius 3 is 2.48 bits per heavy atom. The van der Waals surface area contributed by atoms with E-state index in [1.165, 1.54) is 0 Å². The van der Waals surface area contributed by atoms with Crippen LogP contribution in [-0.4, -0.2) is 42.8 Å². The molecule has 2 rings (SSSR count). The summed E-state index contributed by atoms with van der Waals surface area (Å²) in [5.41, 5.74) is 0.542. The van der Waals surface area contributed by atoms with Crippen molar-refractivity contribution in [3.05, 3.63) is 59.5 Å². The molecule has 0 fully saturated rings. The van der Waals surface area contributed by atoms with E-state index in [1.54, 1.807) is 42.6 Å². The van der Waals surface area contributed by atoms with Crippen LogP contribution in [-0.2, 0) is 0 Å². The number of carbonyl (C=O) groups excluding carboxylic acids is 1. The summed E-state index contributed by atoms with van der Waals surface area (Å²) in [5.74, 6) is 0.131. The van der Waals surface area contributed by atoms with Crippen LogP contribution in [0.4, 0.5) is 0 Å². The number of carbonyl (C=O) groups is 1. The van der Waals surface area contributed by atoms with Gasteiger partial charge in [-0.1, -0.05) is 35.4 Å². The van der Waals surface area contributed by atoms with Crippen LogP contribution in [0.15, 0.2) is 52.0 Å². The number of furan rings is 1. The Hall–Kier alpha value is -2.24. The lowest BCUT2D eigenvalue weighted by Crippen LogP contribution is -2.27. The van der Waals surface area contributed by atoms with Crippen LogP contribution in [0.1, 0.15) is 28.0 Å². The summed E-state index contributed by atoms with van der Waals surface area (Å²) in [6.45, 7) is 0. The van der Waals surface area contributed by atoms with Gasteiger partial charge in [0, 0.05) is 0 Å². The molecule has 0 amide bonds. The Labute approximate surface area is 123 Å². The zero-order valence-electron chi connectivity index (χ0n) is 12.4. The molecule has 0 aliphatic carbocycles. The van der Waals surface area contributed by atoms with Gasteiger partial charge in [0.1, 0.15) is 12.3 Å². The average Bonchev–Trinajstić information content (AvgIpc) is 2.93. The van der Waals surface area contributed by atoms with Crippen molar-refractivity contribution in [1.29, 1.82) is 0 Å². The molecule has 0 saturated carbocycles. The van der Waals surface area contributed by atoms with Gasteiger partial charge in [0.15, 0.2) is 11.5 Å². The summed E-state index contributed by atoms with van der Waals surface area (Å²) in [4.78, 5) is 12.2. The Bertz CT molecular complexity index is 639. The molecule has 1 heterocycles. The first-order valence-corrected chi connectivity index (χ1v) is 6.61. The molecule has 1 N–H and O–H groups in total. The number of rotatable bonds is 5. The maximum atomic E-state index is 12.2. The first kappa shape index (κ1) is 15.2. The molecule has 1 unspecified atom stereocenters. The van der Waals surface area contributed by atoms with E-state index in [-0.39, 0.29) is 5.76 Å². The van der Waals surface area contributed by atoms with E-state index in [9.17, 15) is 9.90 Å². The van der Waals surface area contributed by atoms with Crippen molar-refractivity contribution < 1.29 is 18.9 Å². The molecule has 0 bridgehead atoms. The minimum absolute atomic E-state index is 0.120. The lowest BCUT2D eigenvalue weighted by atomic mass is 10.0. The average molecular weight is 287 g/mol. The van der Waals surface area contributed by atoms with Gasteiger partial charge in [-0.3, -0.25) is 4.79 Å². The second-order valence-corrected chi connectivity index (χ2v) is 5.57. The fourth-order valence-corrected chi connectivity index (χ4v) is 1.71. The quantitative estimate of drug-likeness (QED) is 0.397. The maximum absolute atomic E-state index is 12.2. The Morgan fingerprint density at radius 1 is 1.19 bits per heavy atom. The van der Waals surface area contributed by atoms with Gasteiger partial charge in [-0.25, -0.2) is 4.59 Å². The van der Waals surface area contributed by atoms with Gasteiger partial charge in [-0.05, 0) is 17.7 Å². The van der Waals surface area contributed by atoms with Crippen LogP contribution in [0.3, 0.4) is 0 Å². The van der Waals surface area contributed by atoms with E-state index >= 15 is 0 Å². The first-order chi connectivity index (χ1) is 9.87. The van der Waals surface area contributed by atoms with E-state index in [0.717, 1.165) is 0 Å². The monoisotopic (exact) mass is 287 g/mol. The van der Waals surface area contributed by atoms with Crippen molar-refractivity contribution in [2.45, 2.75) is 6.10 Å². The minimum atomic E-state index is -1.22. The largest absolute Gasteiger partial charge is 0.452 e. The minimum Gasteiger partial charge on any atom is -0.452 e. The number of Topliss-reactive ketones (excluding diaryl/α,β-unsaturated/α-hetero) is 1. The second-order valence-electron chi connectivity index (χ2n) is 5.57. The number of hydrogen-bond acceptors (Lipinski definition) is 4. The standard InChI is InChI=1S/C16H19N2O3/c1-18(2,3)17-11-13-9-10-14(21-13)16(20)15(19)12-7-5-4-6-8-12/h4-11,15,19H,1-3H3/q+1/b17-11+. The molecule has 5 heteroatoms. The number of hydrogen-bond donors (Lipinski definition) is 1.